The van der Waals surface area contributed by atoms with Gasteiger partial charge in [0.15, 0.2) is 0 Å². The summed E-state index contributed by atoms with van der Waals surface area (Å²) >= 11 is 12.2. The lowest BCUT2D eigenvalue weighted by molar-refractivity contribution is 0.622. The largest absolute Gasteiger partial charge is 0.369 e. The van der Waals surface area contributed by atoms with Crippen molar-refractivity contribution >= 4 is 29.0 Å². The van der Waals surface area contributed by atoms with E-state index in [-0.39, 0.29) is 0 Å². The Labute approximate surface area is 120 Å². The Bertz CT molecular complexity index is 590. The Morgan fingerprint density at radius 1 is 1.21 bits per heavy atom. The van der Waals surface area contributed by atoms with Crippen molar-refractivity contribution in [3.63, 3.8) is 0 Å². The molecule has 0 aliphatic rings. The fourth-order valence-corrected chi connectivity index (χ4v) is 2.11. The highest BCUT2D eigenvalue weighted by atomic mass is 35.5. The van der Waals surface area contributed by atoms with Crippen molar-refractivity contribution in [2.24, 2.45) is 0 Å². The van der Waals surface area contributed by atoms with Gasteiger partial charge in [-0.1, -0.05) is 30.1 Å². The molecule has 0 unspecified atom stereocenters. The third-order valence-electron chi connectivity index (χ3n) is 2.45. The number of halogens is 3. The molecule has 3 nitrogen and oxygen atoms in total. The van der Waals surface area contributed by atoms with Gasteiger partial charge in [-0.2, -0.15) is 0 Å². The molecule has 2 aromatic heterocycles. The fourth-order valence-electron chi connectivity index (χ4n) is 1.58. The van der Waals surface area contributed by atoms with Crippen LogP contribution < -0.4 is 5.32 Å². The first-order chi connectivity index (χ1) is 9.11. The SMILES string of the molecule is CCCNc1nc(-c2cncc(F)c2)c(Cl)cc1Cl. The Balaban J connectivity index is 2.45. The van der Waals surface area contributed by atoms with Gasteiger partial charge >= 0.3 is 0 Å². The van der Waals surface area contributed by atoms with Crippen molar-refractivity contribution in [1.29, 1.82) is 0 Å². The summed E-state index contributed by atoms with van der Waals surface area (Å²) in [5.74, 6) is 0.0977. The minimum absolute atomic E-state index is 0.361. The highest BCUT2D eigenvalue weighted by molar-refractivity contribution is 6.37. The van der Waals surface area contributed by atoms with Crippen LogP contribution >= 0.6 is 23.2 Å². The molecule has 0 radical (unpaired) electrons. The molecule has 0 atom stereocenters. The summed E-state index contributed by atoms with van der Waals surface area (Å²) in [5, 5.41) is 3.90. The molecule has 1 N–H and O–H groups in total. The maximum Gasteiger partial charge on any atom is 0.145 e. The molecule has 0 fully saturated rings. The van der Waals surface area contributed by atoms with Gasteiger partial charge in [0, 0.05) is 18.3 Å². The van der Waals surface area contributed by atoms with E-state index >= 15 is 0 Å². The van der Waals surface area contributed by atoms with E-state index in [1.165, 1.54) is 12.3 Å². The predicted molar refractivity (Wildman–Crippen MR) is 76.2 cm³/mol. The van der Waals surface area contributed by atoms with Gasteiger partial charge in [0.1, 0.15) is 11.6 Å². The minimum atomic E-state index is -0.437. The number of rotatable bonds is 4. The van der Waals surface area contributed by atoms with Crippen LogP contribution in [0.4, 0.5) is 10.2 Å². The van der Waals surface area contributed by atoms with E-state index in [1.54, 1.807) is 6.07 Å². The van der Waals surface area contributed by atoms with Crippen molar-refractivity contribution < 1.29 is 4.39 Å². The maximum absolute atomic E-state index is 13.2. The molecule has 0 spiro atoms. The average Bonchev–Trinajstić information content (AvgIpc) is 2.38. The minimum Gasteiger partial charge on any atom is -0.369 e. The van der Waals surface area contributed by atoms with Gasteiger partial charge < -0.3 is 5.32 Å². The van der Waals surface area contributed by atoms with Gasteiger partial charge in [0.25, 0.3) is 0 Å². The molecule has 2 aromatic rings. The molecule has 0 aliphatic heterocycles. The molecule has 0 aromatic carbocycles. The first-order valence-corrected chi connectivity index (χ1v) is 6.58. The lowest BCUT2D eigenvalue weighted by Crippen LogP contribution is -2.03. The van der Waals surface area contributed by atoms with Crippen molar-refractivity contribution in [2.75, 3.05) is 11.9 Å². The van der Waals surface area contributed by atoms with Gasteiger partial charge in [-0.05, 0) is 18.6 Å². The first kappa shape index (κ1) is 14.0. The molecule has 6 heteroatoms. The fraction of sp³-hybridized carbons (Fsp3) is 0.231. The van der Waals surface area contributed by atoms with Crippen molar-refractivity contribution in [2.45, 2.75) is 13.3 Å². The molecular weight excluding hydrogens is 288 g/mol. The number of nitrogens with one attached hydrogen (secondary N) is 1. The van der Waals surface area contributed by atoms with Crippen molar-refractivity contribution in [1.82, 2.24) is 9.97 Å². The summed E-state index contributed by atoms with van der Waals surface area (Å²) < 4.78 is 13.2. The average molecular weight is 300 g/mol. The van der Waals surface area contributed by atoms with Crippen LogP contribution in [0.15, 0.2) is 24.5 Å². The van der Waals surface area contributed by atoms with Crippen LogP contribution in [-0.2, 0) is 0 Å². The molecule has 19 heavy (non-hydrogen) atoms. The first-order valence-electron chi connectivity index (χ1n) is 5.82. The normalized spacial score (nSPS) is 10.5. The van der Waals surface area contributed by atoms with E-state index in [9.17, 15) is 4.39 Å². The third kappa shape index (κ3) is 3.33. The topological polar surface area (TPSA) is 37.8 Å². The van der Waals surface area contributed by atoms with Crippen LogP contribution in [-0.4, -0.2) is 16.5 Å². The molecule has 0 aliphatic carbocycles. The standard InChI is InChI=1S/C13H12Cl2FN3/c1-2-3-18-13-11(15)5-10(14)12(19-13)8-4-9(16)7-17-6-8/h4-7H,2-3H2,1H3,(H,18,19). The van der Waals surface area contributed by atoms with Crippen LogP contribution in [0.25, 0.3) is 11.3 Å². The second kappa shape index (κ2) is 6.17. The summed E-state index contributed by atoms with van der Waals surface area (Å²) in [6.07, 6.45) is 3.58. The van der Waals surface area contributed by atoms with E-state index in [0.717, 1.165) is 19.2 Å². The smallest absolute Gasteiger partial charge is 0.145 e. The van der Waals surface area contributed by atoms with E-state index in [0.29, 0.717) is 27.1 Å². The predicted octanol–water partition coefficient (Wildman–Crippen LogP) is 4.41. The molecular formula is C13H12Cl2FN3. The summed E-state index contributed by atoms with van der Waals surface area (Å²) in [4.78, 5) is 8.13. The van der Waals surface area contributed by atoms with Crippen molar-refractivity contribution in [3.05, 3.63) is 40.4 Å². The zero-order chi connectivity index (χ0) is 13.8. The second-order valence-corrected chi connectivity index (χ2v) is 4.78. The molecule has 2 heterocycles. The Morgan fingerprint density at radius 2 is 2.00 bits per heavy atom. The number of hydrogen-bond acceptors (Lipinski definition) is 3. The van der Waals surface area contributed by atoms with E-state index in [2.05, 4.69) is 15.3 Å². The van der Waals surface area contributed by atoms with Gasteiger partial charge in [-0.3, -0.25) is 4.98 Å². The van der Waals surface area contributed by atoms with Gasteiger partial charge in [-0.25, -0.2) is 9.37 Å². The molecule has 0 bridgehead atoms. The van der Waals surface area contributed by atoms with Crippen LogP contribution in [0.2, 0.25) is 10.0 Å². The number of hydrogen-bond donors (Lipinski definition) is 1. The molecule has 2 rings (SSSR count). The second-order valence-electron chi connectivity index (χ2n) is 3.97. The Hall–Kier alpha value is -1.39. The number of anilines is 1. The Morgan fingerprint density at radius 3 is 2.68 bits per heavy atom. The summed E-state index contributed by atoms with van der Waals surface area (Å²) in [6.45, 7) is 2.78. The van der Waals surface area contributed by atoms with E-state index in [1.807, 2.05) is 6.92 Å². The third-order valence-corrected chi connectivity index (χ3v) is 3.03. The lowest BCUT2D eigenvalue weighted by Gasteiger charge is -2.10. The zero-order valence-corrected chi connectivity index (χ0v) is 11.8. The van der Waals surface area contributed by atoms with E-state index < -0.39 is 5.82 Å². The van der Waals surface area contributed by atoms with Gasteiger partial charge in [0.2, 0.25) is 0 Å². The molecule has 0 amide bonds. The number of nitrogens with zero attached hydrogens (tertiary/aromatic N) is 2. The lowest BCUT2D eigenvalue weighted by atomic mass is 10.2. The summed E-state index contributed by atoms with van der Waals surface area (Å²) in [6, 6.07) is 2.92. The number of aromatic nitrogens is 2. The quantitative estimate of drug-likeness (QED) is 0.908. The highest BCUT2D eigenvalue weighted by Crippen LogP contribution is 2.32. The van der Waals surface area contributed by atoms with Crippen LogP contribution in [0.1, 0.15) is 13.3 Å². The molecule has 0 saturated carbocycles. The van der Waals surface area contributed by atoms with Gasteiger partial charge in [-0.15, -0.1) is 0 Å². The van der Waals surface area contributed by atoms with E-state index in [4.69, 9.17) is 23.2 Å². The number of pyridine rings is 2. The van der Waals surface area contributed by atoms with Crippen molar-refractivity contribution in [3.8, 4) is 11.3 Å². The molecule has 0 saturated heterocycles. The summed E-state index contributed by atoms with van der Waals surface area (Å²) in [5.41, 5.74) is 0.970. The monoisotopic (exact) mass is 299 g/mol. The Kier molecular flexibility index (Phi) is 4.56. The van der Waals surface area contributed by atoms with Crippen LogP contribution in [0, 0.1) is 5.82 Å². The van der Waals surface area contributed by atoms with Crippen LogP contribution in [0.5, 0.6) is 0 Å². The summed E-state index contributed by atoms with van der Waals surface area (Å²) in [7, 11) is 0. The highest BCUT2D eigenvalue weighted by Gasteiger charge is 2.11. The van der Waals surface area contributed by atoms with Crippen LogP contribution in [0.3, 0.4) is 0 Å². The van der Waals surface area contributed by atoms with Gasteiger partial charge in [0.05, 0.1) is 21.9 Å². The molecule has 100 valence electrons. The zero-order valence-electron chi connectivity index (χ0n) is 10.3. The maximum atomic E-state index is 13.2.